The number of fused-ring (bicyclic) bond motifs is 3. The normalized spacial score (nSPS) is 21.6. The maximum Gasteiger partial charge on any atom is 0.330 e. The third-order valence-electron chi connectivity index (χ3n) is 8.43. The van der Waals surface area contributed by atoms with E-state index in [1.165, 1.54) is 31.4 Å². The van der Waals surface area contributed by atoms with E-state index < -0.39 is 46.4 Å². The van der Waals surface area contributed by atoms with Crippen molar-refractivity contribution in [3.63, 3.8) is 0 Å². The van der Waals surface area contributed by atoms with Crippen molar-refractivity contribution in [1.82, 2.24) is 4.90 Å². The number of nitrogens with zero attached hydrogens (tertiary/aromatic N) is 3. The molecular weight excluding hydrogens is 558 g/mol. The van der Waals surface area contributed by atoms with Gasteiger partial charge in [-0.25, -0.2) is 4.79 Å². The topological polar surface area (TPSA) is 123 Å². The molecule has 1 fully saturated rings. The van der Waals surface area contributed by atoms with Crippen LogP contribution in [0.3, 0.4) is 0 Å². The maximum atomic E-state index is 14.6. The van der Waals surface area contributed by atoms with Crippen LogP contribution in [0, 0.1) is 26.9 Å². The minimum absolute atomic E-state index is 0.164. The van der Waals surface area contributed by atoms with Gasteiger partial charge in [0.15, 0.2) is 11.5 Å². The minimum atomic E-state index is -1.91. The Labute approximate surface area is 253 Å². The molecule has 0 aromatic heterocycles. The van der Waals surface area contributed by atoms with Crippen LogP contribution in [0.1, 0.15) is 45.9 Å². The van der Waals surface area contributed by atoms with Crippen LogP contribution in [0.25, 0.3) is 6.08 Å². The molecule has 6 rings (SSSR count). The standard InChI is InChI=1S/C35H27N3O6/c1-43-34(40)35(22-36)29(24-16-18-27(19-17-24)38(41)42)30(37-21-20-23-10-8-9-15-28(23)32(35)37)33(39)44-31(25-11-4-2-5-12-25)26-13-6-3-7-14-26/h2-21,29-32H,1H3/t29-,30-,32-,35-/m1/s1. The van der Waals surface area contributed by atoms with Gasteiger partial charge in [0.05, 0.1) is 24.1 Å². The van der Waals surface area contributed by atoms with E-state index >= 15 is 0 Å². The Balaban J connectivity index is 1.54. The van der Waals surface area contributed by atoms with E-state index in [-0.39, 0.29) is 5.69 Å². The van der Waals surface area contributed by atoms with Crippen molar-refractivity contribution >= 4 is 23.7 Å². The molecular formula is C35H27N3O6. The Hall–Kier alpha value is -5.75. The van der Waals surface area contributed by atoms with Gasteiger partial charge in [-0.2, -0.15) is 5.26 Å². The summed E-state index contributed by atoms with van der Waals surface area (Å²) in [4.78, 5) is 41.1. The van der Waals surface area contributed by atoms with Crippen molar-refractivity contribution in [3.8, 4) is 6.07 Å². The highest BCUT2D eigenvalue weighted by Crippen LogP contribution is 2.60. The Morgan fingerprint density at radius 1 is 0.909 bits per heavy atom. The molecule has 0 saturated carbocycles. The van der Waals surface area contributed by atoms with Crippen LogP contribution < -0.4 is 0 Å². The van der Waals surface area contributed by atoms with Gasteiger partial charge >= 0.3 is 11.9 Å². The first-order valence-electron chi connectivity index (χ1n) is 14.0. The Morgan fingerprint density at radius 3 is 2.07 bits per heavy atom. The molecule has 1 saturated heterocycles. The molecule has 0 bridgehead atoms. The molecule has 0 aliphatic carbocycles. The molecule has 0 N–H and O–H groups in total. The van der Waals surface area contributed by atoms with Crippen molar-refractivity contribution in [1.29, 1.82) is 5.26 Å². The summed E-state index contributed by atoms with van der Waals surface area (Å²) in [5.74, 6) is -2.59. The second-order valence-electron chi connectivity index (χ2n) is 10.7. The molecule has 4 aromatic rings. The van der Waals surface area contributed by atoms with Gasteiger partial charge in [-0.3, -0.25) is 14.9 Å². The van der Waals surface area contributed by atoms with E-state index in [0.29, 0.717) is 11.1 Å². The molecule has 9 nitrogen and oxygen atoms in total. The summed E-state index contributed by atoms with van der Waals surface area (Å²) in [6, 6.07) is 31.7. The highest BCUT2D eigenvalue weighted by Gasteiger charge is 2.68. The average molecular weight is 586 g/mol. The maximum absolute atomic E-state index is 14.6. The number of nitriles is 1. The zero-order chi connectivity index (χ0) is 30.8. The molecule has 0 unspecified atom stereocenters. The van der Waals surface area contributed by atoms with Gasteiger partial charge in [0.2, 0.25) is 0 Å². The predicted molar refractivity (Wildman–Crippen MR) is 161 cm³/mol. The van der Waals surface area contributed by atoms with Crippen LogP contribution in [-0.4, -0.2) is 34.9 Å². The third kappa shape index (κ3) is 4.57. The van der Waals surface area contributed by atoms with E-state index in [1.807, 2.05) is 91.0 Å². The van der Waals surface area contributed by atoms with Gasteiger partial charge in [0.25, 0.3) is 5.69 Å². The van der Waals surface area contributed by atoms with Crippen molar-refractivity contribution in [3.05, 3.63) is 153 Å². The second-order valence-corrected chi connectivity index (χ2v) is 10.7. The number of hydrogen-bond acceptors (Lipinski definition) is 8. The number of nitro benzene ring substituents is 1. The van der Waals surface area contributed by atoms with Crippen LogP contribution in [0.4, 0.5) is 5.69 Å². The number of non-ortho nitro benzene ring substituents is 1. The summed E-state index contributed by atoms with van der Waals surface area (Å²) in [5, 5.41) is 22.4. The number of methoxy groups -OCH3 is 1. The van der Waals surface area contributed by atoms with Crippen LogP contribution in [0.5, 0.6) is 0 Å². The number of carbonyl (C=O) groups excluding carboxylic acids is 2. The Morgan fingerprint density at radius 2 is 1.50 bits per heavy atom. The van der Waals surface area contributed by atoms with E-state index in [1.54, 1.807) is 11.1 Å². The van der Waals surface area contributed by atoms with Crippen molar-refractivity contribution in [2.45, 2.75) is 24.1 Å². The predicted octanol–water partition coefficient (Wildman–Crippen LogP) is 6.10. The molecule has 2 heterocycles. The fraction of sp³-hybridized carbons (Fsp3) is 0.171. The summed E-state index contributed by atoms with van der Waals surface area (Å²) in [7, 11) is 1.20. The highest BCUT2D eigenvalue weighted by molar-refractivity contribution is 5.90. The lowest BCUT2D eigenvalue weighted by Crippen LogP contribution is -2.41. The minimum Gasteiger partial charge on any atom is -0.468 e. The Kier molecular flexibility index (Phi) is 7.41. The lowest BCUT2D eigenvalue weighted by molar-refractivity contribution is -0.384. The van der Waals surface area contributed by atoms with Crippen LogP contribution in [0.15, 0.2) is 115 Å². The van der Waals surface area contributed by atoms with E-state index in [9.17, 15) is 25.0 Å². The largest absolute Gasteiger partial charge is 0.468 e. The fourth-order valence-electron chi connectivity index (χ4n) is 6.51. The van der Waals surface area contributed by atoms with Crippen molar-refractivity contribution in [2.75, 3.05) is 7.11 Å². The van der Waals surface area contributed by atoms with Gasteiger partial charge in [0.1, 0.15) is 6.04 Å². The Bertz CT molecular complexity index is 1750. The molecule has 44 heavy (non-hydrogen) atoms. The smallest absolute Gasteiger partial charge is 0.330 e. The zero-order valence-corrected chi connectivity index (χ0v) is 23.6. The van der Waals surface area contributed by atoms with Crippen molar-refractivity contribution < 1.29 is 24.0 Å². The molecule has 0 radical (unpaired) electrons. The third-order valence-corrected chi connectivity index (χ3v) is 8.43. The first-order valence-corrected chi connectivity index (χ1v) is 14.0. The number of esters is 2. The van der Waals surface area contributed by atoms with Crippen LogP contribution >= 0.6 is 0 Å². The number of benzene rings is 4. The first-order chi connectivity index (χ1) is 21.4. The average Bonchev–Trinajstić information content (AvgIpc) is 3.39. The number of nitro groups is 1. The van der Waals surface area contributed by atoms with Gasteiger partial charge in [-0.1, -0.05) is 97.1 Å². The quantitative estimate of drug-likeness (QED) is 0.145. The van der Waals surface area contributed by atoms with Gasteiger partial charge in [-0.15, -0.1) is 0 Å². The summed E-state index contributed by atoms with van der Waals surface area (Å²) < 4.78 is 11.6. The number of ether oxygens (including phenoxy) is 2. The number of rotatable bonds is 7. The van der Waals surface area contributed by atoms with Crippen LogP contribution in [-0.2, 0) is 19.1 Å². The monoisotopic (exact) mass is 585 g/mol. The molecule has 2 aliphatic heterocycles. The molecule has 2 aliphatic rings. The molecule has 4 atom stereocenters. The summed E-state index contributed by atoms with van der Waals surface area (Å²) >= 11 is 0. The zero-order valence-electron chi connectivity index (χ0n) is 23.6. The van der Waals surface area contributed by atoms with E-state index in [2.05, 4.69) is 6.07 Å². The molecule has 9 heteroatoms. The highest BCUT2D eigenvalue weighted by atomic mass is 16.6. The van der Waals surface area contributed by atoms with E-state index in [0.717, 1.165) is 16.7 Å². The fourth-order valence-corrected chi connectivity index (χ4v) is 6.51. The molecule has 4 aromatic carbocycles. The van der Waals surface area contributed by atoms with Crippen LogP contribution in [0.2, 0.25) is 0 Å². The van der Waals surface area contributed by atoms with Gasteiger partial charge < -0.3 is 14.4 Å². The lowest BCUT2D eigenvalue weighted by Gasteiger charge is -2.35. The number of carbonyl (C=O) groups is 2. The second kappa shape index (κ2) is 11.5. The SMILES string of the molecule is COC(=O)[C@]1(C#N)[C@H](c2ccc([N+](=O)[O-])cc2)[C@H](C(=O)OC(c2ccccc2)c2ccccc2)N2C=Cc3ccccc3[C@@H]21. The summed E-state index contributed by atoms with van der Waals surface area (Å²) in [5.41, 5.74) is 1.26. The van der Waals surface area contributed by atoms with Gasteiger partial charge in [-0.05, 0) is 33.9 Å². The first kappa shape index (κ1) is 28.4. The summed E-state index contributed by atoms with van der Waals surface area (Å²) in [6.07, 6.45) is 2.76. The molecule has 0 spiro atoms. The molecule has 0 amide bonds. The van der Waals surface area contributed by atoms with E-state index in [4.69, 9.17) is 9.47 Å². The lowest BCUT2D eigenvalue weighted by atomic mass is 9.67. The van der Waals surface area contributed by atoms with Gasteiger partial charge in [0, 0.05) is 24.3 Å². The van der Waals surface area contributed by atoms with Crippen molar-refractivity contribution in [2.24, 2.45) is 5.41 Å². The molecule has 218 valence electrons. The summed E-state index contributed by atoms with van der Waals surface area (Å²) in [6.45, 7) is 0. The number of hydrogen-bond donors (Lipinski definition) is 0.